The molecule has 1 saturated heterocycles. The molecule has 52 valence electrons. The van der Waals surface area contributed by atoms with Crippen LogP contribution < -0.4 is 0 Å². The van der Waals surface area contributed by atoms with E-state index < -0.39 is 0 Å². The molecule has 1 rings (SSSR count). The highest BCUT2D eigenvalue weighted by molar-refractivity contribution is 6.62. The molecular formula is C8H17B. The van der Waals surface area contributed by atoms with E-state index >= 15 is 0 Å². The van der Waals surface area contributed by atoms with Gasteiger partial charge in [-0.25, -0.2) is 0 Å². The Morgan fingerprint density at radius 1 is 1.56 bits per heavy atom. The van der Waals surface area contributed by atoms with Gasteiger partial charge in [0.15, 0.2) is 6.71 Å². The summed E-state index contributed by atoms with van der Waals surface area (Å²) in [4.78, 5) is 0. The van der Waals surface area contributed by atoms with Gasteiger partial charge in [-0.1, -0.05) is 32.6 Å². The van der Waals surface area contributed by atoms with Gasteiger partial charge in [0.2, 0.25) is 0 Å². The molecule has 0 spiro atoms. The van der Waals surface area contributed by atoms with Crippen LogP contribution in [0.5, 0.6) is 0 Å². The van der Waals surface area contributed by atoms with Gasteiger partial charge >= 0.3 is 0 Å². The van der Waals surface area contributed by atoms with Gasteiger partial charge in [0.1, 0.15) is 0 Å². The summed E-state index contributed by atoms with van der Waals surface area (Å²) in [7, 11) is 0. The maximum atomic E-state index is 4.23. The van der Waals surface area contributed by atoms with Crippen molar-refractivity contribution in [2.45, 2.75) is 44.7 Å². The Balaban J connectivity index is 2.30. The molecule has 0 bridgehead atoms. The van der Waals surface area contributed by atoms with Crippen molar-refractivity contribution in [2.24, 2.45) is 0 Å². The van der Waals surface area contributed by atoms with E-state index in [4.69, 9.17) is 0 Å². The third-order valence-corrected chi connectivity index (χ3v) is 2.96. The van der Waals surface area contributed by atoms with Crippen molar-refractivity contribution >= 4 is 6.71 Å². The van der Waals surface area contributed by atoms with Crippen LogP contribution in [0.2, 0.25) is 12.1 Å². The molecule has 1 heterocycles. The molecule has 1 aliphatic heterocycles. The van der Waals surface area contributed by atoms with Crippen molar-refractivity contribution in [3.05, 3.63) is 6.82 Å². The highest BCUT2D eigenvalue weighted by Crippen LogP contribution is 2.30. The molecule has 2 unspecified atom stereocenters. The van der Waals surface area contributed by atoms with Gasteiger partial charge in [-0.3, -0.25) is 0 Å². The van der Waals surface area contributed by atoms with Gasteiger partial charge < -0.3 is 0 Å². The lowest BCUT2D eigenvalue weighted by atomic mass is 9.37. The first-order chi connectivity index (χ1) is 4.34. The van der Waals surface area contributed by atoms with E-state index in [0.29, 0.717) is 0 Å². The quantitative estimate of drug-likeness (QED) is 0.372. The lowest BCUT2D eigenvalue weighted by Gasteiger charge is -2.27. The smallest absolute Gasteiger partial charge is 0.136 e. The summed E-state index contributed by atoms with van der Waals surface area (Å²) in [5.41, 5.74) is 0. The second-order valence-electron chi connectivity index (χ2n) is 3.55. The fourth-order valence-corrected chi connectivity index (χ4v) is 2.12. The van der Waals surface area contributed by atoms with Gasteiger partial charge in [0.25, 0.3) is 0 Å². The fourth-order valence-electron chi connectivity index (χ4n) is 2.12. The molecule has 0 saturated carbocycles. The molecule has 2 atom stereocenters. The van der Waals surface area contributed by atoms with E-state index in [1.54, 1.807) is 0 Å². The highest BCUT2D eigenvalue weighted by Gasteiger charge is 2.19. The van der Waals surface area contributed by atoms with Crippen LogP contribution in [0, 0.1) is 6.82 Å². The first-order valence-electron chi connectivity index (χ1n) is 4.43. The molecule has 1 aliphatic rings. The SMILES string of the molecule is [CH2+][BH-]1CCCCC1CC. The molecule has 0 amide bonds. The Hall–Kier alpha value is -0.0651. The summed E-state index contributed by atoms with van der Waals surface area (Å²) in [6.45, 7) is 6.57. The molecular weight excluding hydrogens is 107 g/mol. The fraction of sp³-hybridized carbons (Fsp3) is 0.875. The second-order valence-corrected chi connectivity index (χ2v) is 3.55. The Morgan fingerprint density at radius 3 is 2.78 bits per heavy atom. The molecule has 0 radical (unpaired) electrons. The van der Waals surface area contributed by atoms with Crippen LogP contribution in [0.25, 0.3) is 0 Å². The summed E-state index contributed by atoms with van der Waals surface area (Å²) in [5, 5.41) is 0. The predicted molar refractivity (Wildman–Crippen MR) is 45.2 cm³/mol. The Morgan fingerprint density at radius 2 is 2.33 bits per heavy atom. The molecule has 0 N–H and O–H groups in total. The molecule has 0 aromatic heterocycles. The first-order valence-corrected chi connectivity index (χ1v) is 4.43. The monoisotopic (exact) mass is 124 g/mol. The zero-order chi connectivity index (χ0) is 6.69. The molecule has 1 fully saturated rings. The van der Waals surface area contributed by atoms with Crippen molar-refractivity contribution in [2.75, 3.05) is 0 Å². The largest absolute Gasteiger partial charge is 0.183 e. The summed E-state index contributed by atoms with van der Waals surface area (Å²) in [5.74, 6) is 1.03. The standard InChI is InChI=1S/C8H17B/c1-3-8-6-4-5-7-9(8)2/h8-9H,2-7H2,1H3. The van der Waals surface area contributed by atoms with Crippen LogP contribution >= 0.6 is 0 Å². The molecule has 0 aromatic carbocycles. The van der Waals surface area contributed by atoms with Gasteiger partial charge in [0, 0.05) is 0 Å². The van der Waals surface area contributed by atoms with Crippen molar-refractivity contribution in [1.29, 1.82) is 0 Å². The third-order valence-electron chi connectivity index (χ3n) is 2.96. The number of rotatable bonds is 1. The van der Waals surface area contributed by atoms with Crippen molar-refractivity contribution < 1.29 is 0 Å². The summed E-state index contributed by atoms with van der Waals surface area (Å²) >= 11 is 0. The zero-order valence-electron chi connectivity index (χ0n) is 6.53. The van der Waals surface area contributed by atoms with Crippen molar-refractivity contribution in [3.63, 3.8) is 0 Å². The van der Waals surface area contributed by atoms with Gasteiger partial charge in [-0.2, -0.15) is 0 Å². The molecule has 0 nitrogen and oxygen atoms in total. The average molecular weight is 124 g/mol. The summed E-state index contributed by atoms with van der Waals surface area (Å²) in [6, 6.07) is 0. The van der Waals surface area contributed by atoms with E-state index in [0.717, 1.165) is 5.82 Å². The summed E-state index contributed by atoms with van der Waals surface area (Å²) < 4.78 is 0. The highest BCUT2D eigenvalue weighted by atomic mass is 14.1. The van der Waals surface area contributed by atoms with E-state index in [1.165, 1.54) is 32.0 Å². The van der Waals surface area contributed by atoms with Crippen molar-refractivity contribution in [1.82, 2.24) is 0 Å². The van der Waals surface area contributed by atoms with Gasteiger partial charge in [-0.05, 0) is 0 Å². The molecule has 1 heteroatoms. The maximum absolute atomic E-state index is 4.23. The predicted octanol–water partition coefficient (Wildman–Crippen LogP) is 2.55. The third kappa shape index (κ3) is 1.67. The van der Waals surface area contributed by atoms with Crippen LogP contribution in [0.3, 0.4) is 0 Å². The van der Waals surface area contributed by atoms with E-state index in [-0.39, 0.29) is 6.71 Å². The zero-order valence-corrected chi connectivity index (χ0v) is 6.53. The Kier molecular flexibility index (Phi) is 2.50. The minimum Gasteiger partial charge on any atom is -0.136 e. The lowest BCUT2D eigenvalue weighted by molar-refractivity contribution is 0.608. The van der Waals surface area contributed by atoms with Gasteiger partial charge in [-0.15, -0.1) is 19.0 Å². The molecule has 0 aliphatic carbocycles. The average Bonchev–Trinajstić information content (AvgIpc) is 1.89. The minimum absolute atomic E-state index is 0.0312. The lowest BCUT2D eigenvalue weighted by Crippen LogP contribution is -2.20. The van der Waals surface area contributed by atoms with Crippen molar-refractivity contribution in [3.8, 4) is 0 Å². The Labute approximate surface area is 59.1 Å². The minimum atomic E-state index is 0.0312. The molecule has 0 aromatic rings. The normalized spacial score (nSPS) is 36.6. The van der Waals surface area contributed by atoms with E-state index in [1.807, 2.05) is 0 Å². The summed E-state index contributed by atoms with van der Waals surface area (Å²) in [6.07, 6.45) is 7.24. The van der Waals surface area contributed by atoms with Crippen LogP contribution in [0.4, 0.5) is 0 Å². The number of hydrogen-bond donors (Lipinski definition) is 0. The van der Waals surface area contributed by atoms with Crippen LogP contribution in [-0.2, 0) is 0 Å². The maximum Gasteiger partial charge on any atom is 0.183 e. The first kappa shape index (κ1) is 7.05. The topological polar surface area (TPSA) is 0 Å². The Bertz CT molecular complexity index is 80.6. The molecule has 9 heavy (non-hydrogen) atoms. The van der Waals surface area contributed by atoms with Crippen LogP contribution in [0.1, 0.15) is 32.6 Å². The second kappa shape index (κ2) is 3.19. The van der Waals surface area contributed by atoms with E-state index in [2.05, 4.69) is 13.7 Å². The van der Waals surface area contributed by atoms with Gasteiger partial charge in [0.05, 0.1) is 0 Å². The van der Waals surface area contributed by atoms with Crippen LogP contribution in [0.15, 0.2) is 0 Å². The number of hydrogen-bond acceptors (Lipinski definition) is 0. The van der Waals surface area contributed by atoms with Crippen LogP contribution in [-0.4, -0.2) is 6.71 Å². The van der Waals surface area contributed by atoms with E-state index in [9.17, 15) is 0 Å².